The summed E-state index contributed by atoms with van der Waals surface area (Å²) in [5.74, 6) is 0. The van der Waals surface area contributed by atoms with E-state index in [1.165, 1.54) is 0 Å². The normalized spacial score (nSPS) is 10.0. The molecule has 18 heavy (non-hydrogen) atoms. The van der Waals surface area contributed by atoms with Crippen LogP contribution in [0.25, 0.3) is 11.1 Å². The van der Waals surface area contributed by atoms with Crippen LogP contribution in [0, 0.1) is 0 Å². The number of nitrogens with two attached hydrogens (primary N) is 2. The van der Waals surface area contributed by atoms with Crippen LogP contribution in [0.15, 0.2) is 48.5 Å². The lowest BCUT2D eigenvalue weighted by molar-refractivity contribution is 1.55. The molecule has 90 valence electrons. The molecule has 0 fully saturated rings. The molecule has 0 unspecified atom stereocenters. The first-order valence-electron chi connectivity index (χ1n) is 5.39. The Morgan fingerprint density at radius 1 is 0.667 bits per heavy atom. The Kier molecular flexibility index (Phi) is 3.69. The van der Waals surface area contributed by atoms with Gasteiger partial charge in [0.05, 0.1) is 0 Å². The average molecular weight is 272 g/mol. The van der Waals surface area contributed by atoms with Crippen LogP contribution in [0.4, 0.5) is 0 Å². The van der Waals surface area contributed by atoms with E-state index < -0.39 is 0 Å². The summed E-state index contributed by atoms with van der Waals surface area (Å²) in [6.07, 6.45) is 0. The molecule has 0 aliphatic rings. The molecule has 0 heterocycles. The van der Waals surface area contributed by atoms with Crippen molar-refractivity contribution in [3.63, 3.8) is 0 Å². The molecule has 4 N–H and O–H groups in total. The van der Waals surface area contributed by atoms with Gasteiger partial charge in [0.25, 0.3) is 0 Å². The zero-order valence-electron chi connectivity index (χ0n) is 9.59. The van der Waals surface area contributed by atoms with Gasteiger partial charge < -0.3 is 11.5 Å². The molecule has 2 nitrogen and oxygen atoms in total. The van der Waals surface area contributed by atoms with Gasteiger partial charge in [-0.2, -0.15) is 0 Å². The fourth-order valence-corrected chi connectivity index (χ4v) is 2.22. The lowest BCUT2D eigenvalue weighted by Gasteiger charge is -2.12. The van der Waals surface area contributed by atoms with Gasteiger partial charge in [0.15, 0.2) is 0 Å². The van der Waals surface area contributed by atoms with Crippen molar-refractivity contribution < 1.29 is 0 Å². The summed E-state index contributed by atoms with van der Waals surface area (Å²) in [7, 11) is 0. The number of hydrogen-bond donors (Lipinski definition) is 2. The van der Waals surface area contributed by atoms with E-state index in [2.05, 4.69) is 0 Å². The number of benzene rings is 2. The summed E-state index contributed by atoms with van der Waals surface area (Å²) in [5, 5.41) is 0. The maximum Gasteiger partial charge on any atom is 0.104 e. The lowest BCUT2D eigenvalue weighted by atomic mass is 9.95. The standard InChI is InChI=1S/C14H12N2S2/c15-13(17)11-7-3-1-5-9(11)10-6-2-4-8-12(10)14(16)18/h1-8H,(H2,15,17)(H2,16,18). The number of hydrogen-bond acceptors (Lipinski definition) is 2. The zero-order valence-corrected chi connectivity index (χ0v) is 11.2. The highest BCUT2D eigenvalue weighted by Crippen LogP contribution is 2.27. The highest BCUT2D eigenvalue weighted by molar-refractivity contribution is 7.81. The fraction of sp³-hybridized carbons (Fsp3) is 0. The summed E-state index contributed by atoms with van der Waals surface area (Å²) < 4.78 is 0. The summed E-state index contributed by atoms with van der Waals surface area (Å²) in [4.78, 5) is 0.728. The number of rotatable bonds is 3. The van der Waals surface area contributed by atoms with E-state index in [0.29, 0.717) is 9.98 Å². The molecule has 0 atom stereocenters. The van der Waals surface area contributed by atoms with Gasteiger partial charge >= 0.3 is 0 Å². The van der Waals surface area contributed by atoms with Crippen LogP contribution in [0.1, 0.15) is 11.1 Å². The van der Waals surface area contributed by atoms with E-state index in [0.717, 1.165) is 22.3 Å². The average Bonchev–Trinajstić information content (AvgIpc) is 2.38. The molecule has 0 spiro atoms. The van der Waals surface area contributed by atoms with Gasteiger partial charge in [-0.05, 0) is 11.1 Å². The minimum atomic E-state index is 0.364. The van der Waals surface area contributed by atoms with Gasteiger partial charge in [-0.15, -0.1) is 0 Å². The molecule has 0 radical (unpaired) electrons. The largest absolute Gasteiger partial charge is 0.389 e. The van der Waals surface area contributed by atoms with E-state index in [-0.39, 0.29) is 0 Å². The van der Waals surface area contributed by atoms with Crippen molar-refractivity contribution in [2.45, 2.75) is 0 Å². The Labute approximate surface area is 117 Å². The molecule has 0 saturated heterocycles. The van der Waals surface area contributed by atoms with Crippen LogP contribution in [-0.4, -0.2) is 9.98 Å². The van der Waals surface area contributed by atoms with Crippen molar-refractivity contribution in [3.05, 3.63) is 59.7 Å². The summed E-state index contributed by atoms with van der Waals surface area (Å²) in [6, 6.07) is 15.4. The van der Waals surface area contributed by atoms with Crippen molar-refractivity contribution in [3.8, 4) is 11.1 Å². The smallest absolute Gasteiger partial charge is 0.104 e. The third kappa shape index (κ3) is 2.39. The minimum absolute atomic E-state index is 0.364. The Balaban J connectivity index is 2.70. The second kappa shape index (κ2) is 5.25. The highest BCUT2D eigenvalue weighted by Gasteiger charge is 2.11. The molecule has 2 rings (SSSR count). The predicted octanol–water partition coefficient (Wildman–Crippen LogP) is 2.62. The zero-order chi connectivity index (χ0) is 13.1. The van der Waals surface area contributed by atoms with E-state index in [1.807, 2.05) is 48.5 Å². The molecule has 0 aliphatic heterocycles. The van der Waals surface area contributed by atoms with E-state index >= 15 is 0 Å². The Bertz CT molecular complexity index is 565. The van der Waals surface area contributed by atoms with Crippen molar-refractivity contribution in [2.24, 2.45) is 11.5 Å². The second-order valence-corrected chi connectivity index (χ2v) is 4.70. The summed E-state index contributed by atoms with van der Waals surface area (Å²) in [5.41, 5.74) is 15.1. The first-order chi connectivity index (χ1) is 8.61. The molecule has 0 aromatic heterocycles. The molecule has 0 aliphatic carbocycles. The Morgan fingerprint density at radius 2 is 1.00 bits per heavy atom. The summed E-state index contributed by atoms with van der Waals surface area (Å²) >= 11 is 10.1. The minimum Gasteiger partial charge on any atom is -0.389 e. The summed E-state index contributed by atoms with van der Waals surface area (Å²) in [6.45, 7) is 0. The molecule has 2 aromatic carbocycles. The van der Waals surface area contributed by atoms with Crippen molar-refractivity contribution >= 4 is 34.4 Å². The van der Waals surface area contributed by atoms with Crippen LogP contribution in [0.3, 0.4) is 0 Å². The first kappa shape index (κ1) is 12.7. The van der Waals surface area contributed by atoms with E-state index in [9.17, 15) is 0 Å². The molecule has 4 heteroatoms. The van der Waals surface area contributed by atoms with Gasteiger partial charge in [0.2, 0.25) is 0 Å². The Hall–Kier alpha value is -1.78. The quantitative estimate of drug-likeness (QED) is 0.843. The van der Waals surface area contributed by atoms with Crippen molar-refractivity contribution in [1.29, 1.82) is 0 Å². The van der Waals surface area contributed by atoms with E-state index in [1.54, 1.807) is 0 Å². The topological polar surface area (TPSA) is 52.0 Å². The molecular formula is C14H12N2S2. The van der Waals surface area contributed by atoms with Gasteiger partial charge in [-0.25, -0.2) is 0 Å². The third-order valence-corrected chi connectivity index (χ3v) is 3.12. The van der Waals surface area contributed by atoms with E-state index in [4.69, 9.17) is 35.9 Å². The third-order valence-electron chi connectivity index (χ3n) is 2.68. The Morgan fingerprint density at radius 3 is 1.33 bits per heavy atom. The maximum absolute atomic E-state index is 5.75. The maximum atomic E-state index is 5.75. The SMILES string of the molecule is NC(=S)c1ccccc1-c1ccccc1C(N)=S. The molecule has 0 saturated carbocycles. The van der Waals surface area contributed by atoms with Crippen LogP contribution in [0.2, 0.25) is 0 Å². The van der Waals surface area contributed by atoms with Crippen LogP contribution >= 0.6 is 24.4 Å². The van der Waals surface area contributed by atoms with Crippen LogP contribution in [-0.2, 0) is 0 Å². The van der Waals surface area contributed by atoms with Gasteiger partial charge in [-0.3, -0.25) is 0 Å². The van der Waals surface area contributed by atoms with Gasteiger partial charge in [-0.1, -0.05) is 73.0 Å². The molecule has 0 amide bonds. The molecular weight excluding hydrogens is 260 g/mol. The predicted molar refractivity (Wildman–Crippen MR) is 83.7 cm³/mol. The monoisotopic (exact) mass is 272 g/mol. The van der Waals surface area contributed by atoms with Crippen LogP contribution in [0.5, 0.6) is 0 Å². The van der Waals surface area contributed by atoms with Crippen molar-refractivity contribution in [1.82, 2.24) is 0 Å². The highest BCUT2D eigenvalue weighted by atomic mass is 32.1. The molecule has 0 bridgehead atoms. The van der Waals surface area contributed by atoms with Gasteiger partial charge in [0.1, 0.15) is 9.98 Å². The molecule has 2 aromatic rings. The first-order valence-corrected chi connectivity index (χ1v) is 6.21. The number of thiocarbonyl (C=S) groups is 2. The van der Waals surface area contributed by atoms with Crippen LogP contribution < -0.4 is 11.5 Å². The van der Waals surface area contributed by atoms with Gasteiger partial charge in [0, 0.05) is 11.1 Å². The lowest BCUT2D eigenvalue weighted by Crippen LogP contribution is -2.14. The van der Waals surface area contributed by atoms with Crippen molar-refractivity contribution in [2.75, 3.05) is 0 Å². The second-order valence-electron chi connectivity index (χ2n) is 3.82. The fourth-order valence-electron chi connectivity index (χ4n) is 1.87.